The number of rotatable bonds is 2. The maximum Gasteiger partial charge on any atom is 0.405 e. The van der Waals surface area contributed by atoms with Crippen molar-refractivity contribution < 1.29 is 13.2 Å². The molecule has 0 amide bonds. The van der Waals surface area contributed by atoms with Crippen molar-refractivity contribution in [1.82, 2.24) is 4.90 Å². The number of thioether (sulfide) groups is 1. The highest BCUT2D eigenvalue weighted by atomic mass is 79.9. The number of amidine groups is 1. The molecule has 1 rings (SSSR count). The van der Waals surface area contributed by atoms with E-state index in [0.29, 0.717) is 11.7 Å². The molecule has 2 nitrogen and oxygen atoms in total. The van der Waals surface area contributed by atoms with Crippen LogP contribution in [0.25, 0.3) is 0 Å². The molecule has 0 saturated carbocycles. The summed E-state index contributed by atoms with van der Waals surface area (Å²) in [5, 5.41) is 1.50. The van der Waals surface area contributed by atoms with Crippen LogP contribution in [-0.2, 0) is 0 Å². The van der Waals surface area contributed by atoms with Crippen LogP contribution in [0.15, 0.2) is 4.99 Å². The molecule has 0 spiro atoms. The van der Waals surface area contributed by atoms with Crippen molar-refractivity contribution in [2.75, 3.05) is 25.5 Å². The Balaban J connectivity index is 2.43. The number of hydrogen-bond acceptors (Lipinski definition) is 3. The Bertz CT molecular complexity index is 231. The number of aliphatic imine (C=N–C) groups is 1. The number of hydrogen-bond donors (Lipinski definition) is 0. The van der Waals surface area contributed by atoms with Crippen LogP contribution in [0.5, 0.6) is 0 Å². The van der Waals surface area contributed by atoms with E-state index >= 15 is 0 Å². The zero-order chi connectivity index (χ0) is 10.8. The fourth-order valence-corrected chi connectivity index (χ4v) is 2.54. The average Bonchev–Trinajstić information content (AvgIpc) is 2.48. The van der Waals surface area contributed by atoms with Crippen LogP contribution in [0.3, 0.4) is 0 Å². The molecule has 0 fully saturated rings. The van der Waals surface area contributed by atoms with E-state index < -0.39 is 12.7 Å². The van der Waals surface area contributed by atoms with Gasteiger partial charge < -0.3 is 4.90 Å². The molecule has 82 valence electrons. The first-order chi connectivity index (χ1) is 6.42. The van der Waals surface area contributed by atoms with Crippen molar-refractivity contribution in [2.24, 2.45) is 4.99 Å². The second-order valence-corrected chi connectivity index (χ2v) is 4.90. The van der Waals surface area contributed by atoms with Gasteiger partial charge in [0.15, 0.2) is 5.17 Å². The highest BCUT2D eigenvalue weighted by molar-refractivity contribution is 9.09. The van der Waals surface area contributed by atoms with Crippen LogP contribution < -0.4 is 0 Å². The molecule has 0 aliphatic carbocycles. The minimum atomic E-state index is -4.16. The zero-order valence-corrected chi connectivity index (χ0v) is 9.92. The van der Waals surface area contributed by atoms with Crippen molar-refractivity contribution in [1.29, 1.82) is 0 Å². The summed E-state index contributed by atoms with van der Waals surface area (Å²) in [5.41, 5.74) is 0. The second kappa shape index (κ2) is 4.74. The maximum absolute atomic E-state index is 12.0. The SMILES string of the molecule is CN(CC(F)(F)F)C1=NCC(CBr)S1. The number of alkyl halides is 4. The van der Waals surface area contributed by atoms with Crippen molar-refractivity contribution in [2.45, 2.75) is 11.4 Å². The van der Waals surface area contributed by atoms with Gasteiger partial charge in [-0.2, -0.15) is 13.2 Å². The summed E-state index contributed by atoms with van der Waals surface area (Å²) in [4.78, 5) is 5.19. The topological polar surface area (TPSA) is 15.6 Å². The highest BCUT2D eigenvalue weighted by Crippen LogP contribution is 2.26. The summed E-state index contributed by atoms with van der Waals surface area (Å²) in [6, 6.07) is 0. The maximum atomic E-state index is 12.0. The molecule has 1 atom stereocenters. The molecule has 0 aromatic heterocycles. The van der Waals surface area contributed by atoms with Crippen LogP contribution >= 0.6 is 27.7 Å². The first kappa shape index (κ1) is 12.2. The number of nitrogens with zero attached hydrogens (tertiary/aromatic N) is 2. The molecule has 1 unspecified atom stereocenters. The Morgan fingerprint density at radius 3 is 2.71 bits per heavy atom. The minimum absolute atomic E-state index is 0.265. The Morgan fingerprint density at radius 2 is 2.29 bits per heavy atom. The predicted octanol–water partition coefficient (Wildman–Crippen LogP) is 2.35. The van der Waals surface area contributed by atoms with E-state index in [9.17, 15) is 13.2 Å². The van der Waals surface area contributed by atoms with Crippen LogP contribution in [0, 0.1) is 0 Å². The van der Waals surface area contributed by atoms with Crippen LogP contribution in [0.1, 0.15) is 0 Å². The van der Waals surface area contributed by atoms with E-state index in [4.69, 9.17) is 0 Å². The molecule has 0 aromatic carbocycles. The van der Waals surface area contributed by atoms with Gasteiger partial charge in [0.1, 0.15) is 6.54 Å². The third-order valence-corrected chi connectivity index (χ3v) is 4.13. The third-order valence-electron chi connectivity index (χ3n) is 1.62. The molecule has 0 saturated heterocycles. The summed E-state index contributed by atoms with van der Waals surface area (Å²) < 4.78 is 36.1. The van der Waals surface area contributed by atoms with Gasteiger partial charge in [-0.05, 0) is 0 Å². The lowest BCUT2D eigenvalue weighted by molar-refractivity contribution is -0.135. The van der Waals surface area contributed by atoms with Gasteiger partial charge >= 0.3 is 6.18 Å². The Hall–Kier alpha value is 0.0900. The minimum Gasteiger partial charge on any atom is -0.345 e. The van der Waals surface area contributed by atoms with Gasteiger partial charge in [-0.1, -0.05) is 27.7 Å². The summed E-state index contributed by atoms with van der Waals surface area (Å²) >= 11 is 4.67. The molecular weight excluding hydrogens is 281 g/mol. The molecular formula is C7H10BrF3N2S. The van der Waals surface area contributed by atoms with Gasteiger partial charge in [-0.3, -0.25) is 4.99 Å². The number of halogens is 4. The molecule has 0 radical (unpaired) electrons. The lowest BCUT2D eigenvalue weighted by Gasteiger charge is -2.20. The Kier molecular flexibility index (Phi) is 4.12. The van der Waals surface area contributed by atoms with Crippen LogP contribution in [0.2, 0.25) is 0 Å². The standard InChI is InChI=1S/C7H10BrF3N2S/c1-13(4-7(9,10)11)6-12-3-5(2-8)14-6/h5H,2-4H2,1H3. The van der Waals surface area contributed by atoms with Gasteiger partial charge in [0.25, 0.3) is 0 Å². The molecule has 7 heteroatoms. The fraction of sp³-hybridized carbons (Fsp3) is 0.857. The summed E-state index contributed by atoms with van der Waals surface area (Å²) in [5.74, 6) is 0. The molecule has 0 N–H and O–H groups in total. The van der Waals surface area contributed by atoms with Crippen molar-refractivity contribution in [3.05, 3.63) is 0 Å². The quantitative estimate of drug-likeness (QED) is 0.726. The Labute approximate surface area is 93.1 Å². The molecule has 1 aliphatic heterocycles. The summed E-state index contributed by atoms with van der Waals surface area (Å²) in [6.07, 6.45) is -4.16. The lowest BCUT2D eigenvalue weighted by Crippen LogP contribution is -2.34. The molecule has 1 aliphatic rings. The van der Waals surface area contributed by atoms with Crippen molar-refractivity contribution in [3.8, 4) is 0 Å². The van der Waals surface area contributed by atoms with Crippen LogP contribution in [-0.4, -0.2) is 47.0 Å². The van der Waals surface area contributed by atoms with Gasteiger partial charge in [-0.25, -0.2) is 0 Å². The van der Waals surface area contributed by atoms with Gasteiger partial charge in [0.2, 0.25) is 0 Å². The van der Waals surface area contributed by atoms with Gasteiger partial charge in [-0.15, -0.1) is 0 Å². The van der Waals surface area contributed by atoms with E-state index in [0.717, 1.165) is 10.2 Å². The average molecular weight is 291 g/mol. The second-order valence-electron chi connectivity index (χ2n) is 2.99. The third kappa shape index (κ3) is 3.68. The van der Waals surface area contributed by atoms with E-state index in [1.165, 1.54) is 18.8 Å². The van der Waals surface area contributed by atoms with Gasteiger partial charge in [0.05, 0.1) is 6.54 Å². The van der Waals surface area contributed by atoms with Crippen molar-refractivity contribution in [3.63, 3.8) is 0 Å². The predicted molar refractivity (Wildman–Crippen MR) is 56.2 cm³/mol. The first-order valence-corrected chi connectivity index (χ1v) is 5.97. The van der Waals surface area contributed by atoms with Crippen LogP contribution in [0.4, 0.5) is 13.2 Å². The zero-order valence-electron chi connectivity index (χ0n) is 7.51. The molecule has 0 bridgehead atoms. The molecule has 14 heavy (non-hydrogen) atoms. The smallest absolute Gasteiger partial charge is 0.345 e. The van der Waals surface area contributed by atoms with E-state index in [1.807, 2.05) is 0 Å². The monoisotopic (exact) mass is 290 g/mol. The van der Waals surface area contributed by atoms with Gasteiger partial charge in [0, 0.05) is 17.6 Å². The largest absolute Gasteiger partial charge is 0.405 e. The normalized spacial score (nSPS) is 22.4. The van der Waals surface area contributed by atoms with Crippen molar-refractivity contribution >= 4 is 32.9 Å². The van der Waals surface area contributed by atoms with E-state index in [1.54, 1.807) is 0 Å². The van der Waals surface area contributed by atoms with E-state index in [-0.39, 0.29) is 5.25 Å². The molecule has 0 aromatic rings. The molecule has 1 heterocycles. The summed E-state index contributed by atoms with van der Waals surface area (Å²) in [6.45, 7) is -0.346. The summed E-state index contributed by atoms with van der Waals surface area (Å²) in [7, 11) is 1.41. The van der Waals surface area contributed by atoms with E-state index in [2.05, 4.69) is 20.9 Å². The lowest BCUT2D eigenvalue weighted by atomic mass is 10.5. The highest BCUT2D eigenvalue weighted by Gasteiger charge is 2.32. The Morgan fingerprint density at radius 1 is 1.64 bits per heavy atom. The fourth-order valence-electron chi connectivity index (χ4n) is 1.03. The first-order valence-electron chi connectivity index (χ1n) is 3.97.